The molecule has 0 spiro atoms. The molecule has 0 unspecified atom stereocenters. The maximum Gasteiger partial charge on any atom is 0.271 e. The van der Waals surface area contributed by atoms with Crippen molar-refractivity contribution < 1.29 is 12.8 Å². The Morgan fingerprint density at radius 2 is 1.88 bits per heavy atom. The summed E-state index contributed by atoms with van der Waals surface area (Å²) < 4.78 is 34.4. The average Bonchev–Trinajstić information content (AvgIpc) is 3.18. The van der Waals surface area contributed by atoms with Crippen LogP contribution in [0, 0.1) is 13.8 Å². The Balaban J connectivity index is 1.59. The number of aromatic nitrogens is 1. The van der Waals surface area contributed by atoms with E-state index >= 15 is 0 Å². The van der Waals surface area contributed by atoms with Gasteiger partial charge in [-0.25, -0.2) is 13.4 Å². The molecule has 7 heteroatoms. The molecule has 26 heavy (non-hydrogen) atoms. The molecule has 1 aliphatic carbocycles. The maximum absolute atomic E-state index is 12.8. The molecular weight excluding hydrogens is 368 g/mol. The van der Waals surface area contributed by atoms with Crippen LogP contribution >= 0.6 is 11.3 Å². The van der Waals surface area contributed by atoms with Gasteiger partial charge < -0.3 is 4.42 Å². The summed E-state index contributed by atoms with van der Waals surface area (Å²) in [7, 11) is -3.64. The number of para-hydroxylation sites is 1. The fourth-order valence-corrected chi connectivity index (χ4v) is 5.46. The van der Waals surface area contributed by atoms with E-state index in [1.165, 1.54) is 17.8 Å². The fourth-order valence-electron chi connectivity index (χ4n) is 3.00. The fraction of sp³-hybridized carbons (Fsp3) is 0.316. The van der Waals surface area contributed by atoms with E-state index in [1.54, 1.807) is 18.3 Å². The molecule has 1 fully saturated rings. The number of anilines is 1. The van der Waals surface area contributed by atoms with Crippen LogP contribution in [0.25, 0.3) is 10.6 Å². The third-order valence-electron chi connectivity index (χ3n) is 4.78. The minimum Gasteiger partial charge on any atom is -0.440 e. The number of benzene rings is 1. The summed E-state index contributed by atoms with van der Waals surface area (Å²) in [6, 6.07) is 9.08. The van der Waals surface area contributed by atoms with Gasteiger partial charge in [0.15, 0.2) is 11.7 Å². The third-order valence-corrected chi connectivity index (χ3v) is 7.73. The minimum atomic E-state index is -3.64. The zero-order valence-electron chi connectivity index (χ0n) is 14.7. The van der Waals surface area contributed by atoms with Gasteiger partial charge in [-0.05, 0) is 49.9 Å². The monoisotopic (exact) mass is 388 g/mol. The topological polar surface area (TPSA) is 72.2 Å². The first-order valence-corrected chi connectivity index (χ1v) is 10.9. The van der Waals surface area contributed by atoms with E-state index < -0.39 is 10.0 Å². The van der Waals surface area contributed by atoms with Gasteiger partial charge in [0.25, 0.3) is 10.0 Å². The summed E-state index contributed by atoms with van der Waals surface area (Å²) in [4.78, 5) is 5.12. The number of rotatable bonds is 5. The van der Waals surface area contributed by atoms with Crippen LogP contribution in [0.2, 0.25) is 0 Å². The van der Waals surface area contributed by atoms with Gasteiger partial charge >= 0.3 is 0 Å². The number of hydrogen-bond acceptors (Lipinski definition) is 5. The standard InChI is InChI=1S/C19H20N2O3S2/c1-12-5-3-6-13(2)18(12)21-26(22,23)17-10-9-16(25-17)15-11-20-19(24-15)14-7-4-8-14/h3,5-6,9-11,14,21H,4,7-8H2,1-2H3. The Hall–Kier alpha value is -2.12. The van der Waals surface area contributed by atoms with E-state index in [9.17, 15) is 8.42 Å². The summed E-state index contributed by atoms with van der Waals surface area (Å²) in [6.45, 7) is 3.78. The highest BCUT2D eigenvalue weighted by Crippen LogP contribution is 2.39. The summed E-state index contributed by atoms with van der Waals surface area (Å²) in [5.74, 6) is 1.81. The van der Waals surface area contributed by atoms with E-state index in [0.717, 1.165) is 34.7 Å². The molecule has 0 saturated heterocycles. The molecule has 1 aromatic carbocycles. The van der Waals surface area contributed by atoms with Crippen LogP contribution in [0.4, 0.5) is 5.69 Å². The Kier molecular flexibility index (Phi) is 4.36. The van der Waals surface area contributed by atoms with Gasteiger partial charge in [-0.1, -0.05) is 24.6 Å². The van der Waals surface area contributed by atoms with Crippen LogP contribution in [0.15, 0.2) is 45.2 Å². The number of nitrogens with zero attached hydrogens (tertiary/aromatic N) is 1. The molecule has 1 saturated carbocycles. The summed E-state index contributed by atoms with van der Waals surface area (Å²) in [5, 5.41) is 0. The molecule has 1 aliphatic rings. The molecule has 5 nitrogen and oxygen atoms in total. The van der Waals surface area contributed by atoms with Crippen molar-refractivity contribution in [3.8, 4) is 10.6 Å². The van der Waals surface area contributed by atoms with Crippen LogP contribution in [0.3, 0.4) is 0 Å². The van der Waals surface area contributed by atoms with Gasteiger partial charge in [0, 0.05) is 5.92 Å². The van der Waals surface area contributed by atoms with E-state index in [2.05, 4.69) is 9.71 Å². The molecule has 0 bridgehead atoms. The number of sulfonamides is 1. The second kappa shape index (κ2) is 6.55. The summed E-state index contributed by atoms with van der Waals surface area (Å²) in [6.07, 6.45) is 5.13. The van der Waals surface area contributed by atoms with E-state index in [-0.39, 0.29) is 4.21 Å². The molecule has 0 amide bonds. The Morgan fingerprint density at radius 3 is 2.54 bits per heavy atom. The molecule has 1 N–H and O–H groups in total. The van der Waals surface area contributed by atoms with Gasteiger partial charge in [0.1, 0.15) is 4.21 Å². The van der Waals surface area contributed by atoms with Crippen molar-refractivity contribution in [3.05, 3.63) is 53.5 Å². The molecule has 3 aromatic rings. The molecular formula is C19H20N2O3S2. The smallest absolute Gasteiger partial charge is 0.271 e. The van der Waals surface area contributed by atoms with Crippen LogP contribution in [-0.2, 0) is 10.0 Å². The SMILES string of the molecule is Cc1cccc(C)c1NS(=O)(=O)c1ccc(-c2cnc(C3CCC3)o2)s1. The number of oxazole rings is 1. The first-order chi connectivity index (χ1) is 12.4. The lowest BCUT2D eigenvalue weighted by Gasteiger charge is -2.21. The van der Waals surface area contributed by atoms with Gasteiger partial charge in [0.2, 0.25) is 0 Å². The predicted octanol–water partition coefficient (Wildman–Crippen LogP) is 5.09. The largest absolute Gasteiger partial charge is 0.440 e. The average molecular weight is 389 g/mol. The van der Waals surface area contributed by atoms with Crippen LogP contribution in [0.1, 0.15) is 42.2 Å². The second-order valence-corrected chi connectivity index (χ2v) is 9.67. The highest BCUT2D eigenvalue weighted by molar-refractivity contribution is 7.94. The van der Waals surface area contributed by atoms with E-state index in [4.69, 9.17) is 4.42 Å². The Morgan fingerprint density at radius 1 is 1.15 bits per heavy atom. The summed E-state index contributed by atoms with van der Waals surface area (Å²) in [5.41, 5.74) is 2.42. The van der Waals surface area contributed by atoms with Crippen LogP contribution < -0.4 is 4.72 Å². The number of thiophene rings is 1. The van der Waals surface area contributed by atoms with Crippen molar-refractivity contribution >= 4 is 27.0 Å². The van der Waals surface area contributed by atoms with Crippen molar-refractivity contribution in [1.29, 1.82) is 0 Å². The molecule has 0 aliphatic heterocycles. The number of hydrogen-bond donors (Lipinski definition) is 1. The lowest BCUT2D eigenvalue weighted by atomic mass is 9.85. The summed E-state index contributed by atoms with van der Waals surface area (Å²) >= 11 is 1.19. The van der Waals surface area contributed by atoms with Gasteiger partial charge in [-0.15, -0.1) is 11.3 Å². The molecule has 0 radical (unpaired) electrons. The predicted molar refractivity (Wildman–Crippen MR) is 103 cm³/mol. The Bertz CT molecular complexity index is 1030. The van der Waals surface area contributed by atoms with Crippen molar-refractivity contribution in [2.24, 2.45) is 0 Å². The molecule has 4 rings (SSSR count). The third kappa shape index (κ3) is 3.17. The van der Waals surface area contributed by atoms with E-state index in [0.29, 0.717) is 17.4 Å². The highest BCUT2D eigenvalue weighted by Gasteiger charge is 2.25. The lowest BCUT2D eigenvalue weighted by Crippen LogP contribution is -2.13. The molecule has 136 valence electrons. The van der Waals surface area contributed by atoms with Crippen molar-refractivity contribution in [3.63, 3.8) is 0 Å². The van der Waals surface area contributed by atoms with Crippen molar-refractivity contribution in [2.45, 2.75) is 43.2 Å². The molecule has 2 heterocycles. The minimum absolute atomic E-state index is 0.261. The van der Waals surface area contributed by atoms with Crippen molar-refractivity contribution in [2.75, 3.05) is 4.72 Å². The van der Waals surface area contributed by atoms with Gasteiger partial charge in [0.05, 0.1) is 16.8 Å². The normalized spacial score (nSPS) is 15.0. The van der Waals surface area contributed by atoms with Gasteiger partial charge in [-0.3, -0.25) is 4.72 Å². The molecule has 0 atom stereocenters. The second-order valence-electron chi connectivity index (χ2n) is 6.68. The highest BCUT2D eigenvalue weighted by atomic mass is 32.2. The van der Waals surface area contributed by atoms with Crippen LogP contribution in [-0.4, -0.2) is 13.4 Å². The number of aryl methyl sites for hydroxylation is 2. The Labute approximate surface area is 157 Å². The molecule has 2 aromatic heterocycles. The lowest BCUT2D eigenvalue weighted by molar-refractivity contribution is 0.338. The number of nitrogens with one attached hydrogen (secondary N) is 1. The quantitative estimate of drug-likeness (QED) is 0.661. The zero-order chi connectivity index (χ0) is 18.3. The first kappa shape index (κ1) is 17.3. The maximum atomic E-state index is 12.8. The van der Waals surface area contributed by atoms with E-state index in [1.807, 2.05) is 32.0 Å². The van der Waals surface area contributed by atoms with Gasteiger partial charge in [-0.2, -0.15) is 0 Å². The first-order valence-electron chi connectivity index (χ1n) is 8.59. The van der Waals surface area contributed by atoms with Crippen molar-refractivity contribution in [1.82, 2.24) is 4.98 Å². The zero-order valence-corrected chi connectivity index (χ0v) is 16.3. The van der Waals surface area contributed by atoms with Crippen LogP contribution in [0.5, 0.6) is 0 Å².